The van der Waals surface area contributed by atoms with Crippen molar-refractivity contribution in [3.8, 4) is 0 Å². The van der Waals surface area contributed by atoms with Gasteiger partial charge in [0.1, 0.15) is 0 Å². The molecular weight excluding hydrogens is 178 g/mol. The quantitative estimate of drug-likeness (QED) is 0.686. The van der Waals surface area contributed by atoms with Crippen molar-refractivity contribution in [3.05, 3.63) is 0 Å². The van der Waals surface area contributed by atoms with Crippen LogP contribution in [-0.2, 0) is 9.53 Å². The maximum Gasteiger partial charge on any atom is 0.152 e. The summed E-state index contributed by atoms with van der Waals surface area (Å²) < 4.78 is 5.26. The molecule has 1 unspecified atom stereocenters. The number of ketones is 1. The van der Waals surface area contributed by atoms with Crippen molar-refractivity contribution in [1.29, 1.82) is 0 Å². The molecule has 0 aromatic carbocycles. The van der Waals surface area contributed by atoms with Gasteiger partial charge in [-0.3, -0.25) is 9.69 Å². The standard InChI is InChI=1S/C11H21NO2/c1-11(2,3)10(13)8-12-6-5-9(7-12)14-4/h9H,5-8H2,1-4H3. The lowest BCUT2D eigenvalue weighted by Gasteiger charge is -2.21. The zero-order valence-electron chi connectivity index (χ0n) is 9.67. The molecule has 1 fully saturated rings. The minimum absolute atomic E-state index is 0.217. The van der Waals surface area contributed by atoms with Crippen LogP contribution in [0.3, 0.4) is 0 Å². The molecule has 1 aliphatic rings. The van der Waals surface area contributed by atoms with Gasteiger partial charge in [-0.05, 0) is 6.42 Å². The van der Waals surface area contributed by atoms with Crippen LogP contribution >= 0.6 is 0 Å². The number of rotatable bonds is 3. The molecule has 0 aromatic rings. The Bertz CT molecular complexity index is 208. The Morgan fingerprint density at radius 3 is 2.57 bits per heavy atom. The predicted octanol–water partition coefficient (Wildman–Crippen LogP) is 1.32. The third kappa shape index (κ3) is 3.07. The van der Waals surface area contributed by atoms with Gasteiger partial charge in [-0.2, -0.15) is 0 Å². The van der Waals surface area contributed by atoms with E-state index in [1.165, 1.54) is 0 Å². The van der Waals surface area contributed by atoms with E-state index in [0.717, 1.165) is 19.5 Å². The third-order valence-electron chi connectivity index (χ3n) is 2.77. The fraction of sp³-hybridized carbons (Fsp3) is 0.909. The second-order valence-corrected chi connectivity index (χ2v) is 5.05. The maximum atomic E-state index is 11.7. The molecule has 3 nitrogen and oxygen atoms in total. The molecule has 0 bridgehead atoms. The van der Waals surface area contributed by atoms with Crippen LogP contribution in [0.2, 0.25) is 0 Å². The Labute approximate surface area is 86.4 Å². The number of hydrogen-bond donors (Lipinski definition) is 0. The Balaban J connectivity index is 2.36. The van der Waals surface area contributed by atoms with Gasteiger partial charge in [0.05, 0.1) is 12.6 Å². The summed E-state index contributed by atoms with van der Waals surface area (Å²) in [4.78, 5) is 13.9. The molecular formula is C11H21NO2. The van der Waals surface area contributed by atoms with Crippen molar-refractivity contribution >= 4 is 5.78 Å². The van der Waals surface area contributed by atoms with Crippen molar-refractivity contribution in [2.45, 2.75) is 33.3 Å². The zero-order chi connectivity index (χ0) is 10.8. The van der Waals surface area contributed by atoms with Crippen molar-refractivity contribution in [2.75, 3.05) is 26.7 Å². The first-order chi connectivity index (χ1) is 6.43. The van der Waals surface area contributed by atoms with Crippen LogP contribution in [0, 0.1) is 5.41 Å². The van der Waals surface area contributed by atoms with Crippen LogP contribution in [0.1, 0.15) is 27.2 Å². The van der Waals surface area contributed by atoms with Crippen molar-refractivity contribution < 1.29 is 9.53 Å². The molecule has 1 aliphatic heterocycles. The molecule has 82 valence electrons. The predicted molar refractivity (Wildman–Crippen MR) is 56.3 cm³/mol. The number of ether oxygens (including phenoxy) is 1. The van der Waals surface area contributed by atoms with Crippen molar-refractivity contribution in [2.24, 2.45) is 5.41 Å². The van der Waals surface area contributed by atoms with Gasteiger partial charge in [-0.1, -0.05) is 20.8 Å². The van der Waals surface area contributed by atoms with Gasteiger partial charge in [0.2, 0.25) is 0 Å². The summed E-state index contributed by atoms with van der Waals surface area (Å²) in [5.41, 5.74) is -0.217. The minimum Gasteiger partial charge on any atom is -0.380 e. The largest absolute Gasteiger partial charge is 0.380 e. The SMILES string of the molecule is COC1CCN(CC(=O)C(C)(C)C)C1. The number of nitrogens with zero attached hydrogens (tertiary/aromatic N) is 1. The van der Waals surface area contributed by atoms with E-state index in [9.17, 15) is 4.79 Å². The molecule has 0 saturated carbocycles. The molecule has 14 heavy (non-hydrogen) atoms. The lowest BCUT2D eigenvalue weighted by atomic mass is 9.90. The smallest absolute Gasteiger partial charge is 0.152 e. The van der Waals surface area contributed by atoms with E-state index in [4.69, 9.17) is 4.74 Å². The molecule has 3 heteroatoms. The summed E-state index contributed by atoms with van der Waals surface area (Å²) in [7, 11) is 1.74. The second-order valence-electron chi connectivity index (χ2n) is 5.05. The summed E-state index contributed by atoms with van der Waals surface area (Å²) in [5.74, 6) is 0.314. The second kappa shape index (κ2) is 4.41. The number of Topliss-reactive ketones (excluding diaryl/α,β-unsaturated/α-hetero) is 1. The molecule has 0 radical (unpaired) electrons. The van der Waals surface area contributed by atoms with Gasteiger partial charge >= 0.3 is 0 Å². The first kappa shape index (κ1) is 11.7. The van der Waals surface area contributed by atoms with Crippen LogP contribution in [0.15, 0.2) is 0 Å². The molecule has 1 saturated heterocycles. The highest BCUT2D eigenvalue weighted by Crippen LogP contribution is 2.18. The number of methoxy groups -OCH3 is 1. The molecule has 0 aromatic heterocycles. The Morgan fingerprint density at radius 2 is 2.14 bits per heavy atom. The molecule has 0 amide bonds. The maximum absolute atomic E-state index is 11.7. The molecule has 0 aliphatic carbocycles. The summed E-state index contributed by atoms with van der Waals surface area (Å²) in [6.45, 7) is 8.37. The number of carbonyl (C=O) groups excluding carboxylic acids is 1. The van der Waals surface area contributed by atoms with Crippen LogP contribution in [0.4, 0.5) is 0 Å². The van der Waals surface area contributed by atoms with Gasteiger partial charge in [-0.25, -0.2) is 0 Å². The highest BCUT2D eigenvalue weighted by Gasteiger charge is 2.28. The number of carbonyl (C=O) groups is 1. The lowest BCUT2D eigenvalue weighted by molar-refractivity contribution is -0.127. The molecule has 1 rings (SSSR count). The molecule has 0 spiro atoms. The third-order valence-corrected chi connectivity index (χ3v) is 2.77. The van der Waals surface area contributed by atoms with E-state index in [1.807, 2.05) is 20.8 Å². The first-order valence-electron chi connectivity index (χ1n) is 5.22. The molecule has 1 heterocycles. The van der Waals surface area contributed by atoms with E-state index >= 15 is 0 Å². The summed E-state index contributed by atoms with van der Waals surface area (Å²) in [6.07, 6.45) is 1.37. The van der Waals surface area contributed by atoms with E-state index in [0.29, 0.717) is 18.4 Å². The van der Waals surface area contributed by atoms with Crippen LogP contribution < -0.4 is 0 Å². The Morgan fingerprint density at radius 1 is 1.50 bits per heavy atom. The fourth-order valence-electron chi connectivity index (χ4n) is 1.57. The van der Waals surface area contributed by atoms with Gasteiger partial charge in [0.25, 0.3) is 0 Å². The monoisotopic (exact) mass is 199 g/mol. The Kier molecular flexibility index (Phi) is 3.67. The highest BCUT2D eigenvalue weighted by molar-refractivity contribution is 5.85. The lowest BCUT2D eigenvalue weighted by Crippen LogP contribution is -2.35. The minimum atomic E-state index is -0.217. The number of hydrogen-bond acceptors (Lipinski definition) is 3. The van der Waals surface area contributed by atoms with Crippen molar-refractivity contribution in [1.82, 2.24) is 4.90 Å². The van der Waals surface area contributed by atoms with Gasteiger partial charge in [0, 0.05) is 25.6 Å². The van der Waals surface area contributed by atoms with E-state index < -0.39 is 0 Å². The summed E-state index contributed by atoms with van der Waals surface area (Å²) in [5, 5.41) is 0. The van der Waals surface area contributed by atoms with Crippen LogP contribution in [0.25, 0.3) is 0 Å². The fourth-order valence-corrected chi connectivity index (χ4v) is 1.57. The average molecular weight is 199 g/mol. The van der Waals surface area contributed by atoms with E-state index in [-0.39, 0.29) is 5.41 Å². The van der Waals surface area contributed by atoms with E-state index in [2.05, 4.69) is 4.90 Å². The van der Waals surface area contributed by atoms with Gasteiger partial charge < -0.3 is 4.74 Å². The topological polar surface area (TPSA) is 29.5 Å². The summed E-state index contributed by atoms with van der Waals surface area (Å²) >= 11 is 0. The average Bonchev–Trinajstić information content (AvgIpc) is 2.50. The highest BCUT2D eigenvalue weighted by atomic mass is 16.5. The zero-order valence-corrected chi connectivity index (χ0v) is 9.67. The van der Waals surface area contributed by atoms with Crippen LogP contribution in [-0.4, -0.2) is 43.5 Å². The first-order valence-corrected chi connectivity index (χ1v) is 5.22. The van der Waals surface area contributed by atoms with Gasteiger partial charge in [-0.15, -0.1) is 0 Å². The normalized spacial score (nSPS) is 24.1. The molecule has 0 N–H and O–H groups in total. The molecule has 1 atom stereocenters. The van der Waals surface area contributed by atoms with E-state index in [1.54, 1.807) is 7.11 Å². The Hall–Kier alpha value is -0.410. The van der Waals surface area contributed by atoms with Crippen LogP contribution in [0.5, 0.6) is 0 Å². The number of likely N-dealkylation sites (tertiary alicyclic amines) is 1. The summed E-state index contributed by atoms with van der Waals surface area (Å²) in [6, 6.07) is 0. The van der Waals surface area contributed by atoms with Gasteiger partial charge in [0.15, 0.2) is 5.78 Å². The van der Waals surface area contributed by atoms with Crippen molar-refractivity contribution in [3.63, 3.8) is 0 Å².